The van der Waals surface area contributed by atoms with E-state index in [2.05, 4.69) is 0 Å². The first kappa shape index (κ1) is 22.7. The number of Topliss-reactive ketones (excluding diaryl/α,β-unsaturated/α-hetero) is 1. The standard InChI is InChI=1S/C29H28N2O4/c1-18-15-22-16-21(11-14-24(22)35-18)27(32)25-26(20-9-12-23(13-10-20)30(2)3)31(29(34)28(25)33)17-19-7-5-4-6-8-19/h4-14,16,18,26,32H,15,17H2,1-3H3/t18-,26+/m0/s1. The Hall–Kier alpha value is -4.06. The highest BCUT2D eigenvalue weighted by Gasteiger charge is 2.46. The van der Waals surface area contributed by atoms with Crippen LogP contribution in [0.5, 0.6) is 5.75 Å². The van der Waals surface area contributed by atoms with Gasteiger partial charge in [0.25, 0.3) is 11.7 Å². The van der Waals surface area contributed by atoms with Gasteiger partial charge in [-0.3, -0.25) is 9.59 Å². The Kier molecular flexibility index (Phi) is 5.81. The monoisotopic (exact) mass is 468 g/mol. The minimum atomic E-state index is -0.699. The molecule has 178 valence electrons. The highest BCUT2D eigenvalue weighted by molar-refractivity contribution is 6.46. The van der Waals surface area contributed by atoms with Crippen molar-refractivity contribution < 1.29 is 19.4 Å². The van der Waals surface area contributed by atoms with Crippen molar-refractivity contribution in [2.24, 2.45) is 0 Å². The molecule has 2 aliphatic heterocycles. The Morgan fingerprint density at radius 2 is 1.74 bits per heavy atom. The molecule has 0 bridgehead atoms. The fourth-order valence-corrected chi connectivity index (χ4v) is 4.85. The van der Waals surface area contributed by atoms with Crippen LogP contribution in [0, 0.1) is 0 Å². The van der Waals surface area contributed by atoms with Crippen LogP contribution in [0.3, 0.4) is 0 Å². The Morgan fingerprint density at radius 1 is 1.03 bits per heavy atom. The van der Waals surface area contributed by atoms with Crippen molar-refractivity contribution in [3.05, 3.63) is 101 Å². The molecule has 3 aromatic carbocycles. The number of nitrogens with zero attached hydrogens (tertiary/aromatic N) is 2. The first-order chi connectivity index (χ1) is 16.8. The van der Waals surface area contributed by atoms with Crippen LogP contribution in [0.25, 0.3) is 5.76 Å². The van der Waals surface area contributed by atoms with E-state index in [1.807, 2.05) is 92.6 Å². The summed E-state index contributed by atoms with van der Waals surface area (Å²) in [6.45, 7) is 2.25. The normalized spacial score (nSPS) is 20.6. The van der Waals surface area contributed by atoms with Crippen LogP contribution >= 0.6 is 0 Å². The molecule has 1 fully saturated rings. The predicted molar refractivity (Wildman–Crippen MR) is 135 cm³/mol. The molecule has 0 aromatic heterocycles. The van der Waals surface area contributed by atoms with Crippen LogP contribution < -0.4 is 9.64 Å². The van der Waals surface area contributed by atoms with E-state index in [4.69, 9.17) is 4.74 Å². The van der Waals surface area contributed by atoms with Gasteiger partial charge in [-0.25, -0.2) is 0 Å². The third-order valence-corrected chi connectivity index (χ3v) is 6.63. The second-order valence-electron chi connectivity index (χ2n) is 9.35. The van der Waals surface area contributed by atoms with Gasteiger partial charge in [-0.2, -0.15) is 0 Å². The minimum Gasteiger partial charge on any atom is -0.507 e. The van der Waals surface area contributed by atoms with Gasteiger partial charge in [0, 0.05) is 38.3 Å². The lowest BCUT2D eigenvalue weighted by Crippen LogP contribution is -2.29. The molecule has 0 spiro atoms. The zero-order valence-electron chi connectivity index (χ0n) is 20.1. The molecule has 0 aliphatic carbocycles. The van der Waals surface area contributed by atoms with Gasteiger partial charge in [0.2, 0.25) is 0 Å². The van der Waals surface area contributed by atoms with Crippen molar-refractivity contribution in [2.75, 3.05) is 19.0 Å². The molecule has 2 aliphatic rings. The van der Waals surface area contributed by atoms with E-state index in [1.54, 1.807) is 11.0 Å². The number of amides is 1. The van der Waals surface area contributed by atoms with Gasteiger partial charge in [0.05, 0.1) is 11.6 Å². The van der Waals surface area contributed by atoms with Crippen LogP contribution in [0.1, 0.15) is 35.2 Å². The molecule has 1 saturated heterocycles. The lowest BCUT2D eigenvalue weighted by Gasteiger charge is -2.26. The van der Waals surface area contributed by atoms with Crippen LogP contribution in [0.15, 0.2) is 78.4 Å². The average molecular weight is 469 g/mol. The molecule has 6 heteroatoms. The summed E-state index contributed by atoms with van der Waals surface area (Å²) in [7, 11) is 3.91. The Bertz CT molecular complexity index is 1310. The minimum absolute atomic E-state index is 0.0639. The van der Waals surface area contributed by atoms with E-state index < -0.39 is 17.7 Å². The molecule has 35 heavy (non-hydrogen) atoms. The fraction of sp³-hybridized carbons (Fsp3) is 0.241. The fourth-order valence-electron chi connectivity index (χ4n) is 4.85. The SMILES string of the molecule is C[C@H]1Cc2cc(C(O)=C3C(=O)C(=O)N(Cc4ccccc4)[C@@H]3c3ccc(N(C)C)cc3)ccc2O1. The number of fused-ring (bicyclic) bond motifs is 1. The number of rotatable bonds is 5. The maximum atomic E-state index is 13.3. The number of aliphatic hydroxyl groups excluding tert-OH is 1. The number of hydrogen-bond acceptors (Lipinski definition) is 5. The van der Waals surface area contributed by atoms with Crippen molar-refractivity contribution in [2.45, 2.75) is 32.0 Å². The second-order valence-corrected chi connectivity index (χ2v) is 9.35. The van der Waals surface area contributed by atoms with Gasteiger partial charge >= 0.3 is 0 Å². The van der Waals surface area contributed by atoms with E-state index in [0.717, 1.165) is 34.5 Å². The van der Waals surface area contributed by atoms with Gasteiger partial charge in [-0.1, -0.05) is 42.5 Å². The van der Waals surface area contributed by atoms with Crippen molar-refractivity contribution in [1.29, 1.82) is 0 Å². The molecule has 5 rings (SSSR count). The number of ketones is 1. The number of benzene rings is 3. The first-order valence-corrected chi connectivity index (χ1v) is 11.7. The van der Waals surface area contributed by atoms with Crippen LogP contribution in [-0.2, 0) is 22.6 Å². The molecule has 0 saturated carbocycles. The Balaban J connectivity index is 1.62. The first-order valence-electron chi connectivity index (χ1n) is 11.7. The topological polar surface area (TPSA) is 70.1 Å². The van der Waals surface area contributed by atoms with Crippen LogP contribution in [-0.4, -0.2) is 41.9 Å². The van der Waals surface area contributed by atoms with Crippen LogP contribution in [0.4, 0.5) is 5.69 Å². The average Bonchev–Trinajstić information content (AvgIpc) is 3.35. The Morgan fingerprint density at radius 3 is 2.43 bits per heavy atom. The number of carbonyl (C=O) groups is 2. The maximum absolute atomic E-state index is 13.3. The molecule has 2 atom stereocenters. The molecule has 3 aromatic rings. The van der Waals surface area contributed by atoms with Gasteiger partial charge in [-0.15, -0.1) is 0 Å². The zero-order chi connectivity index (χ0) is 24.7. The van der Waals surface area contributed by atoms with E-state index in [1.165, 1.54) is 0 Å². The molecule has 0 radical (unpaired) electrons. The molecule has 2 heterocycles. The van der Waals surface area contributed by atoms with Gasteiger partial charge in [0.1, 0.15) is 17.6 Å². The summed E-state index contributed by atoms with van der Waals surface area (Å²) in [5, 5.41) is 11.4. The third-order valence-electron chi connectivity index (χ3n) is 6.63. The molecule has 1 N–H and O–H groups in total. The van der Waals surface area contributed by atoms with Gasteiger partial charge in [-0.05, 0) is 53.9 Å². The number of aliphatic hydroxyl groups is 1. The molecular weight excluding hydrogens is 440 g/mol. The highest BCUT2D eigenvalue weighted by atomic mass is 16.5. The summed E-state index contributed by atoms with van der Waals surface area (Å²) in [4.78, 5) is 30.1. The summed E-state index contributed by atoms with van der Waals surface area (Å²) in [6, 6.07) is 22.0. The van der Waals surface area contributed by atoms with Crippen molar-refractivity contribution in [3.8, 4) is 5.75 Å². The predicted octanol–water partition coefficient (Wildman–Crippen LogP) is 4.70. The van der Waals surface area contributed by atoms with E-state index in [0.29, 0.717) is 5.56 Å². The number of ether oxygens (including phenoxy) is 1. The summed E-state index contributed by atoms with van der Waals surface area (Å²) >= 11 is 0. The van der Waals surface area contributed by atoms with E-state index in [9.17, 15) is 14.7 Å². The number of carbonyl (C=O) groups excluding carboxylic acids is 2. The van der Waals surface area contributed by atoms with Crippen molar-refractivity contribution in [3.63, 3.8) is 0 Å². The number of likely N-dealkylation sites (tertiary alicyclic amines) is 1. The summed E-state index contributed by atoms with van der Waals surface area (Å²) in [5.41, 5.74) is 4.27. The molecule has 1 amide bonds. The molecular formula is C29H28N2O4. The van der Waals surface area contributed by atoms with Crippen molar-refractivity contribution in [1.82, 2.24) is 4.90 Å². The summed E-state index contributed by atoms with van der Waals surface area (Å²) in [5.74, 6) is -0.669. The smallest absolute Gasteiger partial charge is 0.295 e. The number of hydrogen-bond donors (Lipinski definition) is 1. The lowest BCUT2D eigenvalue weighted by atomic mass is 9.94. The molecule has 0 unspecified atom stereocenters. The van der Waals surface area contributed by atoms with E-state index in [-0.39, 0.29) is 24.0 Å². The molecule has 6 nitrogen and oxygen atoms in total. The van der Waals surface area contributed by atoms with Gasteiger partial charge < -0.3 is 19.6 Å². The summed E-state index contributed by atoms with van der Waals surface area (Å²) < 4.78 is 5.78. The quantitative estimate of drug-likeness (QED) is 0.334. The second kappa shape index (κ2) is 8.95. The maximum Gasteiger partial charge on any atom is 0.295 e. The zero-order valence-corrected chi connectivity index (χ0v) is 20.1. The third kappa shape index (κ3) is 4.16. The summed E-state index contributed by atoms with van der Waals surface area (Å²) in [6.07, 6.45) is 0.794. The van der Waals surface area contributed by atoms with Crippen LogP contribution in [0.2, 0.25) is 0 Å². The van der Waals surface area contributed by atoms with Gasteiger partial charge in [0.15, 0.2) is 0 Å². The number of anilines is 1. The van der Waals surface area contributed by atoms with Crippen molar-refractivity contribution >= 4 is 23.1 Å². The Labute approximate surface area is 205 Å². The van der Waals surface area contributed by atoms with E-state index >= 15 is 0 Å². The largest absolute Gasteiger partial charge is 0.507 e. The highest BCUT2D eigenvalue weighted by Crippen LogP contribution is 2.41. The lowest BCUT2D eigenvalue weighted by molar-refractivity contribution is -0.140.